The third-order valence-corrected chi connectivity index (χ3v) is 3.46. The van der Waals surface area contributed by atoms with Gasteiger partial charge >= 0.3 is 0 Å². The van der Waals surface area contributed by atoms with Gasteiger partial charge in [-0.25, -0.2) is 15.0 Å². The average Bonchev–Trinajstić information content (AvgIpc) is 2.99. The summed E-state index contributed by atoms with van der Waals surface area (Å²) < 4.78 is 7.52. The molecule has 1 aromatic carbocycles. The maximum absolute atomic E-state index is 5.61. The minimum Gasteiger partial charge on any atom is -0.364 e. The van der Waals surface area contributed by atoms with E-state index in [0.29, 0.717) is 13.2 Å². The summed E-state index contributed by atoms with van der Waals surface area (Å²) in [6.45, 7) is 5.28. The summed E-state index contributed by atoms with van der Waals surface area (Å²) in [5, 5.41) is 3.32. The number of anilines is 1. The van der Waals surface area contributed by atoms with Gasteiger partial charge in [0.25, 0.3) is 0 Å². The summed E-state index contributed by atoms with van der Waals surface area (Å²) in [7, 11) is 0. The molecule has 3 aromatic rings. The van der Waals surface area contributed by atoms with Crippen LogP contribution in [0.1, 0.15) is 25.6 Å². The van der Waals surface area contributed by atoms with Crippen molar-refractivity contribution in [3.63, 3.8) is 0 Å². The SMILES string of the molecule is CCOC(C)n1cnc2c(NCc3ccccc3)ncnc21. The number of hydrogen-bond donors (Lipinski definition) is 1. The van der Waals surface area contributed by atoms with Gasteiger partial charge in [0, 0.05) is 13.2 Å². The molecule has 1 N–H and O–H groups in total. The van der Waals surface area contributed by atoms with Crippen molar-refractivity contribution in [3.8, 4) is 0 Å². The van der Waals surface area contributed by atoms with Crippen LogP contribution in [0.5, 0.6) is 0 Å². The zero-order valence-electron chi connectivity index (χ0n) is 12.7. The molecule has 0 aliphatic heterocycles. The van der Waals surface area contributed by atoms with Crippen LogP contribution in [0, 0.1) is 0 Å². The molecular formula is C16H19N5O. The van der Waals surface area contributed by atoms with Crippen LogP contribution < -0.4 is 5.32 Å². The van der Waals surface area contributed by atoms with Crippen molar-refractivity contribution in [1.82, 2.24) is 19.5 Å². The monoisotopic (exact) mass is 297 g/mol. The van der Waals surface area contributed by atoms with Gasteiger partial charge in [-0.2, -0.15) is 0 Å². The van der Waals surface area contributed by atoms with Crippen molar-refractivity contribution < 1.29 is 4.74 Å². The molecule has 2 aromatic heterocycles. The smallest absolute Gasteiger partial charge is 0.167 e. The highest BCUT2D eigenvalue weighted by Crippen LogP contribution is 2.21. The van der Waals surface area contributed by atoms with Gasteiger partial charge in [0.15, 0.2) is 17.0 Å². The highest BCUT2D eigenvalue weighted by molar-refractivity contribution is 5.82. The first-order valence-corrected chi connectivity index (χ1v) is 7.36. The molecule has 0 saturated carbocycles. The molecule has 22 heavy (non-hydrogen) atoms. The van der Waals surface area contributed by atoms with Gasteiger partial charge in [0.2, 0.25) is 0 Å². The molecule has 1 atom stereocenters. The second kappa shape index (κ2) is 6.53. The van der Waals surface area contributed by atoms with E-state index < -0.39 is 0 Å². The minimum absolute atomic E-state index is 0.105. The highest BCUT2D eigenvalue weighted by atomic mass is 16.5. The standard InChI is InChI=1S/C16H19N5O/c1-3-22-12(2)21-11-20-14-15(18-10-19-16(14)21)17-9-13-7-5-4-6-8-13/h4-8,10-12H,3,9H2,1-2H3,(H,17,18,19). The number of aromatic nitrogens is 4. The van der Waals surface area contributed by atoms with Crippen molar-refractivity contribution in [2.75, 3.05) is 11.9 Å². The van der Waals surface area contributed by atoms with E-state index in [1.807, 2.05) is 36.6 Å². The second-order valence-corrected chi connectivity index (χ2v) is 4.94. The van der Waals surface area contributed by atoms with E-state index in [1.165, 1.54) is 5.56 Å². The third kappa shape index (κ3) is 2.92. The molecule has 3 rings (SSSR count). The first kappa shape index (κ1) is 14.5. The van der Waals surface area contributed by atoms with Gasteiger partial charge in [0.05, 0.1) is 6.33 Å². The fraction of sp³-hybridized carbons (Fsp3) is 0.312. The number of imidazole rings is 1. The summed E-state index contributed by atoms with van der Waals surface area (Å²) in [6, 6.07) is 10.2. The first-order chi connectivity index (χ1) is 10.8. The van der Waals surface area contributed by atoms with Gasteiger partial charge in [0.1, 0.15) is 12.6 Å². The number of nitrogens with one attached hydrogen (secondary N) is 1. The quantitative estimate of drug-likeness (QED) is 0.757. The fourth-order valence-corrected chi connectivity index (χ4v) is 2.35. The third-order valence-electron chi connectivity index (χ3n) is 3.46. The van der Waals surface area contributed by atoms with Crippen LogP contribution in [0.2, 0.25) is 0 Å². The van der Waals surface area contributed by atoms with E-state index >= 15 is 0 Å². The van der Waals surface area contributed by atoms with Crippen LogP contribution in [0.25, 0.3) is 11.2 Å². The Labute approximate surface area is 129 Å². The molecule has 0 spiro atoms. The summed E-state index contributed by atoms with van der Waals surface area (Å²) in [6.07, 6.45) is 3.19. The summed E-state index contributed by atoms with van der Waals surface area (Å²) in [5.74, 6) is 0.733. The Morgan fingerprint density at radius 1 is 1.18 bits per heavy atom. The lowest BCUT2D eigenvalue weighted by molar-refractivity contribution is 0.0272. The van der Waals surface area contributed by atoms with Crippen LogP contribution in [0.4, 0.5) is 5.82 Å². The van der Waals surface area contributed by atoms with Crippen molar-refractivity contribution in [2.24, 2.45) is 0 Å². The lowest BCUT2D eigenvalue weighted by Gasteiger charge is -2.13. The topological polar surface area (TPSA) is 64.9 Å². The van der Waals surface area contributed by atoms with E-state index in [0.717, 1.165) is 17.0 Å². The molecule has 0 aliphatic rings. The molecule has 0 amide bonds. The van der Waals surface area contributed by atoms with E-state index in [4.69, 9.17) is 4.74 Å². The lowest BCUT2D eigenvalue weighted by atomic mass is 10.2. The van der Waals surface area contributed by atoms with Gasteiger partial charge in [-0.1, -0.05) is 30.3 Å². The van der Waals surface area contributed by atoms with Crippen LogP contribution in [0.15, 0.2) is 43.0 Å². The predicted octanol–water partition coefficient (Wildman–Crippen LogP) is 2.99. The van der Waals surface area contributed by atoms with Gasteiger partial charge in [-0.15, -0.1) is 0 Å². The Bertz CT molecular complexity index is 741. The second-order valence-electron chi connectivity index (χ2n) is 4.94. The number of hydrogen-bond acceptors (Lipinski definition) is 5. The van der Waals surface area contributed by atoms with Crippen LogP contribution >= 0.6 is 0 Å². The highest BCUT2D eigenvalue weighted by Gasteiger charge is 2.13. The summed E-state index contributed by atoms with van der Waals surface area (Å²) >= 11 is 0. The number of ether oxygens (including phenoxy) is 1. The molecule has 6 nitrogen and oxygen atoms in total. The van der Waals surface area contributed by atoms with Crippen LogP contribution in [0.3, 0.4) is 0 Å². The molecule has 0 aliphatic carbocycles. The normalized spacial score (nSPS) is 12.5. The zero-order valence-corrected chi connectivity index (χ0v) is 12.7. The Kier molecular flexibility index (Phi) is 4.29. The largest absolute Gasteiger partial charge is 0.364 e. The van der Waals surface area contributed by atoms with E-state index in [-0.39, 0.29) is 6.23 Å². The molecule has 0 radical (unpaired) electrons. The Balaban J connectivity index is 1.85. The van der Waals surface area contributed by atoms with Crippen molar-refractivity contribution in [1.29, 1.82) is 0 Å². The van der Waals surface area contributed by atoms with Crippen LogP contribution in [-0.4, -0.2) is 26.1 Å². The molecular weight excluding hydrogens is 278 g/mol. The average molecular weight is 297 g/mol. The Morgan fingerprint density at radius 2 is 2.00 bits per heavy atom. The van der Waals surface area contributed by atoms with Crippen molar-refractivity contribution in [3.05, 3.63) is 48.5 Å². The van der Waals surface area contributed by atoms with Gasteiger partial charge in [-0.3, -0.25) is 4.57 Å². The number of benzene rings is 1. The minimum atomic E-state index is -0.105. The van der Waals surface area contributed by atoms with Gasteiger partial charge < -0.3 is 10.1 Å². The molecule has 6 heteroatoms. The molecule has 0 fully saturated rings. The summed E-state index contributed by atoms with van der Waals surface area (Å²) in [5.41, 5.74) is 2.72. The summed E-state index contributed by atoms with van der Waals surface area (Å²) in [4.78, 5) is 13.1. The maximum atomic E-state index is 5.61. The first-order valence-electron chi connectivity index (χ1n) is 7.36. The van der Waals surface area contributed by atoms with Crippen LogP contribution in [-0.2, 0) is 11.3 Å². The van der Waals surface area contributed by atoms with E-state index in [9.17, 15) is 0 Å². The van der Waals surface area contributed by atoms with Gasteiger partial charge in [-0.05, 0) is 19.4 Å². The number of rotatable bonds is 6. The Morgan fingerprint density at radius 3 is 2.77 bits per heavy atom. The fourth-order valence-electron chi connectivity index (χ4n) is 2.35. The molecule has 0 saturated heterocycles. The Hall–Kier alpha value is -2.47. The maximum Gasteiger partial charge on any atom is 0.167 e. The van der Waals surface area contributed by atoms with E-state index in [2.05, 4.69) is 32.4 Å². The number of nitrogens with zero attached hydrogens (tertiary/aromatic N) is 4. The molecule has 114 valence electrons. The molecule has 2 heterocycles. The predicted molar refractivity (Wildman–Crippen MR) is 85.4 cm³/mol. The van der Waals surface area contributed by atoms with Crippen molar-refractivity contribution >= 4 is 17.0 Å². The zero-order chi connectivity index (χ0) is 15.4. The number of fused-ring (bicyclic) bond motifs is 1. The van der Waals surface area contributed by atoms with Crippen molar-refractivity contribution in [2.45, 2.75) is 26.6 Å². The molecule has 0 bridgehead atoms. The molecule has 1 unspecified atom stereocenters. The van der Waals surface area contributed by atoms with E-state index in [1.54, 1.807) is 12.7 Å². The lowest BCUT2D eigenvalue weighted by Crippen LogP contribution is -2.09.